The minimum atomic E-state index is -1.81. The Morgan fingerprint density at radius 2 is 2.12 bits per heavy atom. The van der Waals surface area contributed by atoms with Crippen LogP contribution in [0.5, 0.6) is 0 Å². The Labute approximate surface area is 104 Å². The van der Waals surface area contributed by atoms with E-state index < -0.39 is 13.1 Å². The first kappa shape index (κ1) is 12.8. The molecule has 0 aromatic carbocycles. The minimum absolute atomic E-state index is 0.158. The zero-order valence-corrected chi connectivity index (χ0v) is 10.2. The van der Waals surface area contributed by atoms with Gasteiger partial charge < -0.3 is 10.0 Å². The maximum absolute atomic E-state index is 13.2. The van der Waals surface area contributed by atoms with E-state index in [1.165, 1.54) is 12.3 Å². The van der Waals surface area contributed by atoms with Crippen molar-refractivity contribution in [2.24, 2.45) is 0 Å². The van der Waals surface area contributed by atoms with Crippen LogP contribution in [-0.2, 0) is 6.54 Å². The van der Waals surface area contributed by atoms with Crippen molar-refractivity contribution in [2.75, 3.05) is 24.6 Å². The quantitative estimate of drug-likeness (QED) is 0.561. The topological polar surface area (TPSA) is 56.6 Å². The summed E-state index contributed by atoms with van der Waals surface area (Å²) in [6, 6.07) is 1.47. The summed E-state index contributed by atoms with van der Waals surface area (Å²) >= 11 is 1.92. The third-order valence-electron chi connectivity index (χ3n) is 2.71. The largest absolute Gasteiger partial charge is 0.493 e. The highest BCUT2D eigenvalue weighted by atomic mass is 32.2. The van der Waals surface area contributed by atoms with Crippen molar-refractivity contribution in [3.63, 3.8) is 0 Å². The van der Waals surface area contributed by atoms with Gasteiger partial charge in [-0.15, -0.1) is 0 Å². The fraction of sp³-hybridized carbons (Fsp3) is 0.500. The van der Waals surface area contributed by atoms with Crippen LogP contribution in [0.25, 0.3) is 0 Å². The van der Waals surface area contributed by atoms with Crippen LogP contribution in [-0.4, -0.2) is 51.6 Å². The van der Waals surface area contributed by atoms with Gasteiger partial charge in [0.15, 0.2) is 0 Å². The SMILES string of the molecule is OB(O)c1cc(CN2CCSCC2)cnc1F. The zero-order chi connectivity index (χ0) is 12.3. The highest BCUT2D eigenvalue weighted by Gasteiger charge is 2.19. The number of aromatic nitrogens is 1. The Hall–Kier alpha value is -0.625. The molecule has 4 nitrogen and oxygen atoms in total. The molecule has 0 unspecified atom stereocenters. The minimum Gasteiger partial charge on any atom is -0.423 e. The van der Waals surface area contributed by atoms with E-state index >= 15 is 0 Å². The van der Waals surface area contributed by atoms with Crippen molar-refractivity contribution in [3.8, 4) is 0 Å². The van der Waals surface area contributed by atoms with Gasteiger partial charge in [-0.05, 0) is 5.56 Å². The Kier molecular flexibility index (Phi) is 4.39. The van der Waals surface area contributed by atoms with Crippen molar-refractivity contribution >= 4 is 24.3 Å². The van der Waals surface area contributed by atoms with Crippen molar-refractivity contribution in [1.29, 1.82) is 0 Å². The number of hydrogen-bond acceptors (Lipinski definition) is 5. The highest BCUT2D eigenvalue weighted by molar-refractivity contribution is 7.99. The molecular formula is C10H14BFN2O2S. The molecule has 1 fully saturated rings. The molecule has 0 bridgehead atoms. The molecular weight excluding hydrogens is 242 g/mol. The number of thioether (sulfide) groups is 1. The number of nitrogens with zero attached hydrogens (tertiary/aromatic N) is 2. The summed E-state index contributed by atoms with van der Waals surface area (Å²) in [5, 5.41) is 18.0. The average Bonchev–Trinajstić information content (AvgIpc) is 2.32. The normalized spacial score (nSPS) is 17.1. The second-order valence-corrected chi connectivity index (χ2v) is 5.21. The van der Waals surface area contributed by atoms with Crippen molar-refractivity contribution in [2.45, 2.75) is 6.54 Å². The predicted molar refractivity (Wildman–Crippen MR) is 66.6 cm³/mol. The van der Waals surface area contributed by atoms with Crippen LogP contribution in [0.3, 0.4) is 0 Å². The highest BCUT2D eigenvalue weighted by Crippen LogP contribution is 2.12. The Balaban J connectivity index is 2.07. The standard InChI is InChI=1S/C10H14BFN2O2S/c12-10-9(11(15)16)5-8(6-13-10)7-14-1-3-17-4-2-14/h5-6,15-16H,1-4,7H2. The van der Waals surface area contributed by atoms with Gasteiger partial charge in [0.1, 0.15) is 0 Å². The van der Waals surface area contributed by atoms with Gasteiger partial charge in [0.25, 0.3) is 0 Å². The molecule has 1 aliphatic heterocycles. The molecule has 0 spiro atoms. The van der Waals surface area contributed by atoms with Crippen LogP contribution in [0.15, 0.2) is 12.3 Å². The maximum Gasteiger partial charge on any atom is 0.493 e. The summed E-state index contributed by atoms with van der Waals surface area (Å²) in [5.41, 5.74) is 0.648. The number of rotatable bonds is 3. The van der Waals surface area contributed by atoms with E-state index in [0.29, 0.717) is 6.54 Å². The number of pyridine rings is 1. The lowest BCUT2D eigenvalue weighted by molar-refractivity contribution is 0.294. The molecule has 92 valence electrons. The van der Waals surface area contributed by atoms with E-state index in [9.17, 15) is 4.39 Å². The lowest BCUT2D eigenvalue weighted by Gasteiger charge is -2.26. The third kappa shape index (κ3) is 3.42. The first-order chi connectivity index (χ1) is 8.16. The monoisotopic (exact) mass is 256 g/mol. The van der Waals surface area contributed by atoms with Crippen LogP contribution < -0.4 is 5.46 Å². The summed E-state index contributed by atoms with van der Waals surface area (Å²) in [7, 11) is -1.81. The van der Waals surface area contributed by atoms with E-state index in [2.05, 4.69) is 9.88 Å². The fourth-order valence-corrected chi connectivity index (χ4v) is 2.77. The molecule has 2 rings (SSSR count). The summed E-state index contributed by atoms with van der Waals surface area (Å²) in [6.45, 7) is 2.67. The maximum atomic E-state index is 13.2. The van der Waals surface area contributed by atoms with Crippen molar-refractivity contribution in [1.82, 2.24) is 9.88 Å². The Bertz CT molecular complexity index is 389. The van der Waals surface area contributed by atoms with Gasteiger partial charge in [-0.2, -0.15) is 16.2 Å². The molecule has 2 N–H and O–H groups in total. The Morgan fingerprint density at radius 3 is 2.76 bits per heavy atom. The van der Waals surface area contributed by atoms with Crippen molar-refractivity contribution < 1.29 is 14.4 Å². The lowest BCUT2D eigenvalue weighted by atomic mass is 9.80. The summed E-state index contributed by atoms with van der Waals surface area (Å²) in [5.74, 6) is 1.38. The average molecular weight is 256 g/mol. The molecule has 1 saturated heterocycles. The first-order valence-electron chi connectivity index (χ1n) is 5.47. The fourth-order valence-electron chi connectivity index (χ4n) is 1.80. The van der Waals surface area contributed by atoms with Gasteiger partial charge in [0.05, 0.1) is 0 Å². The zero-order valence-electron chi connectivity index (χ0n) is 9.34. The van der Waals surface area contributed by atoms with Gasteiger partial charge in [0.2, 0.25) is 5.95 Å². The number of halogens is 1. The molecule has 1 aromatic rings. The van der Waals surface area contributed by atoms with Gasteiger partial charge in [-0.25, -0.2) is 4.98 Å². The molecule has 0 saturated carbocycles. The second kappa shape index (κ2) is 5.81. The van der Waals surface area contributed by atoms with Crippen LogP contribution in [0.4, 0.5) is 4.39 Å². The second-order valence-electron chi connectivity index (χ2n) is 3.99. The molecule has 0 atom stereocenters. The van der Waals surface area contributed by atoms with Gasteiger partial charge >= 0.3 is 7.12 Å². The summed E-state index contributed by atoms with van der Waals surface area (Å²) in [4.78, 5) is 5.80. The van der Waals surface area contributed by atoms with Gasteiger partial charge in [-0.1, -0.05) is 6.07 Å². The molecule has 1 aromatic heterocycles. The van der Waals surface area contributed by atoms with E-state index in [-0.39, 0.29) is 5.46 Å². The van der Waals surface area contributed by atoms with Crippen LogP contribution in [0.1, 0.15) is 5.56 Å². The van der Waals surface area contributed by atoms with E-state index in [1.807, 2.05) is 11.8 Å². The number of hydrogen-bond donors (Lipinski definition) is 2. The smallest absolute Gasteiger partial charge is 0.423 e. The Morgan fingerprint density at radius 1 is 1.41 bits per heavy atom. The molecule has 7 heteroatoms. The molecule has 0 aliphatic carbocycles. The van der Waals surface area contributed by atoms with Gasteiger partial charge in [-0.3, -0.25) is 4.90 Å². The van der Waals surface area contributed by atoms with E-state index in [4.69, 9.17) is 10.0 Å². The van der Waals surface area contributed by atoms with Gasteiger partial charge in [0, 0.05) is 42.8 Å². The molecule has 0 amide bonds. The molecule has 2 heterocycles. The lowest BCUT2D eigenvalue weighted by Crippen LogP contribution is -2.36. The summed E-state index contributed by atoms with van der Waals surface area (Å²) in [6.07, 6.45) is 1.45. The predicted octanol–water partition coefficient (Wildman–Crippen LogP) is -0.551. The molecule has 0 radical (unpaired) electrons. The molecule has 17 heavy (non-hydrogen) atoms. The molecule has 1 aliphatic rings. The van der Waals surface area contributed by atoms with Crippen molar-refractivity contribution in [3.05, 3.63) is 23.8 Å². The van der Waals surface area contributed by atoms with Crippen LogP contribution in [0.2, 0.25) is 0 Å². The summed E-state index contributed by atoms with van der Waals surface area (Å²) < 4.78 is 13.2. The first-order valence-corrected chi connectivity index (χ1v) is 6.63. The van der Waals surface area contributed by atoms with E-state index in [0.717, 1.165) is 30.2 Å². The van der Waals surface area contributed by atoms with E-state index in [1.54, 1.807) is 0 Å². The third-order valence-corrected chi connectivity index (χ3v) is 3.65. The van der Waals surface area contributed by atoms with Crippen LogP contribution >= 0.6 is 11.8 Å². The van der Waals surface area contributed by atoms with Crippen LogP contribution in [0, 0.1) is 5.95 Å².